The van der Waals surface area contributed by atoms with E-state index in [1.54, 1.807) is 0 Å². The van der Waals surface area contributed by atoms with Gasteiger partial charge in [-0.3, -0.25) is 4.79 Å². The second kappa shape index (κ2) is 5.22. The van der Waals surface area contributed by atoms with Gasteiger partial charge in [0, 0.05) is 16.6 Å². The smallest absolute Gasteiger partial charge is 0.185 e. The lowest BCUT2D eigenvalue weighted by atomic mass is 9.60. The van der Waals surface area contributed by atoms with Crippen LogP contribution in [0.2, 0.25) is 0 Å². The van der Waals surface area contributed by atoms with Gasteiger partial charge in [-0.1, -0.05) is 72.3 Å². The van der Waals surface area contributed by atoms with Gasteiger partial charge in [-0.25, -0.2) is 0 Å². The molecule has 0 fully saturated rings. The molecule has 2 aliphatic rings. The summed E-state index contributed by atoms with van der Waals surface area (Å²) < 4.78 is 0. The number of allylic oxidation sites excluding steroid dienone is 6. The second-order valence-electron chi connectivity index (χ2n) is 9.36. The Morgan fingerprint density at radius 3 is 1.82 bits per heavy atom. The zero-order chi connectivity index (χ0) is 16.9. The number of carbonyl (C=O) groups is 1. The maximum Gasteiger partial charge on any atom is 0.185 e. The van der Waals surface area contributed by atoms with E-state index in [4.69, 9.17) is 0 Å². The van der Waals surface area contributed by atoms with E-state index in [2.05, 4.69) is 73.6 Å². The van der Waals surface area contributed by atoms with Gasteiger partial charge in [-0.05, 0) is 36.5 Å². The van der Waals surface area contributed by atoms with Crippen LogP contribution in [-0.4, -0.2) is 5.78 Å². The van der Waals surface area contributed by atoms with Crippen LogP contribution in [0.5, 0.6) is 0 Å². The highest BCUT2D eigenvalue weighted by Gasteiger charge is 2.43. The second-order valence-corrected chi connectivity index (χ2v) is 9.36. The summed E-state index contributed by atoms with van der Waals surface area (Å²) >= 11 is 0. The van der Waals surface area contributed by atoms with Gasteiger partial charge < -0.3 is 0 Å². The summed E-state index contributed by atoms with van der Waals surface area (Å²) in [4.78, 5) is 13.1. The summed E-state index contributed by atoms with van der Waals surface area (Å²) in [6, 6.07) is 0. The van der Waals surface area contributed by atoms with Crippen molar-refractivity contribution < 1.29 is 4.79 Å². The highest BCUT2D eigenvalue weighted by Crippen LogP contribution is 2.50. The molecule has 0 aromatic heterocycles. The van der Waals surface area contributed by atoms with Crippen LogP contribution in [0.25, 0.3) is 0 Å². The predicted molar refractivity (Wildman–Crippen MR) is 94.7 cm³/mol. The molecule has 0 radical (unpaired) electrons. The molecule has 0 saturated heterocycles. The third-order valence-electron chi connectivity index (χ3n) is 5.27. The van der Waals surface area contributed by atoms with Crippen LogP contribution in [0.15, 0.2) is 34.9 Å². The fourth-order valence-electron chi connectivity index (χ4n) is 3.68. The van der Waals surface area contributed by atoms with Gasteiger partial charge in [0.2, 0.25) is 0 Å². The summed E-state index contributed by atoms with van der Waals surface area (Å²) in [6.45, 7) is 17.5. The maximum atomic E-state index is 13.1. The maximum absolute atomic E-state index is 13.1. The first kappa shape index (κ1) is 17.2. The number of ketones is 1. The SMILES string of the molecule is CC1=CC(C)C2(C=C(C(C)(C)C)C(=O)C(C(C)(C)C)=C2)CC1. The molecule has 1 atom stereocenters. The summed E-state index contributed by atoms with van der Waals surface area (Å²) in [7, 11) is 0. The lowest BCUT2D eigenvalue weighted by Crippen LogP contribution is -2.37. The van der Waals surface area contributed by atoms with Gasteiger partial charge in [0.05, 0.1) is 0 Å². The fraction of sp³-hybridized carbons (Fsp3) is 0.667. The molecule has 0 aromatic rings. The van der Waals surface area contributed by atoms with Crippen molar-refractivity contribution in [2.75, 3.05) is 0 Å². The highest BCUT2D eigenvalue weighted by molar-refractivity contribution is 6.11. The summed E-state index contributed by atoms with van der Waals surface area (Å²) in [6.07, 6.45) is 9.24. The molecule has 0 aliphatic heterocycles. The van der Waals surface area contributed by atoms with Crippen molar-refractivity contribution in [3.63, 3.8) is 0 Å². The van der Waals surface area contributed by atoms with Crippen LogP contribution in [-0.2, 0) is 4.79 Å². The molecule has 1 unspecified atom stereocenters. The highest BCUT2D eigenvalue weighted by atomic mass is 16.1. The van der Waals surface area contributed by atoms with Crippen LogP contribution in [0.3, 0.4) is 0 Å². The minimum absolute atomic E-state index is 0.0125. The molecule has 2 aliphatic carbocycles. The van der Waals surface area contributed by atoms with E-state index in [9.17, 15) is 4.79 Å². The Hall–Kier alpha value is -1.11. The van der Waals surface area contributed by atoms with Crippen LogP contribution in [0.4, 0.5) is 0 Å². The molecule has 2 rings (SSSR count). The monoisotopic (exact) mass is 300 g/mol. The van der Waals surface area contributed by atoms with E-state index in [1.165, 1.54) is 5.57 Å². The third-order valence-corrected chi connectivity index (χ3v) is 5.27. The first-order valence-electron chi connectivity index (χ1n) is 8.55. The van der Waals surface area contributed by atoms with Crippen molar-refractivity contribution in [3.05, 3.63) is 34.9 Å². The molecule has 0 heterocycles. The third kappa shape index (κ3) is 3.00. The molecular weight excluding hydrogens is 268 g/mol. The molecule has 0 saturated carbocycles. The van der Waals surface area contributed by atoms with Gasteiger partial charge in [0.15, 0.2) is 5.78 Å². The minimum Gasteiger partial charge on any atom is -0.289 e. The Labute approximate surface area is 136 Å². The van der Waals surface area contributed by atoms with E-state index in [-0.39, 0.29) is 22.0 Å². The van der Waals surface area contributed by atoms with E-state index in [0.717, 1.165) is 24.0 Å². The van der Waals surface area contributed by atoms with Crippen LogP contribution < -0.4 is 0 Å². The Bertz CT molecular complexity index is 536. The average Bonchev–Trinajstić information content (AvgIpc) is 2.33. The van der Waals surface area contributed by atoms with E-state index in [1.807, 2.05) is 0 Å². The molecule has 0 amide bonds. The van der Waals surface area contributed by atoms with Gasteiger partial charge in [0.1, 0.15) is 0 Å². The molecule has 1 heteroatoms. The topological polar surface area (TPSA) is 17.1 Å². The first-order chi connectivity index (χ1) is 9.87. The number of hydrogen-bond acceptors (Lipinski definition) is 1. The summed E-state index contributed by atoms with van der Waals surface area (Å²) in [5.74, 6) is 0.702. The van der Waals surface area contributed by atoms with Gasteiger partial charge in [-0.15, -0.1) is 0 Å². The predicted octanol–water partition coefficient (Wildman–Crippen LogP) is 5.88. The Morgan fingerprint density at radius 2 is 1.45 bits per heavy atom. The number of Topliss-reactive ketones (excluding diaryl/α,β-unsaturated/α-hetero) is 1. The van der Waals surface area contributed by atoms with Crippen molar-refractivity contribution in [3.8, 4) is 0 Å². The first-order valence-corrected chi connectivity index (χ1v) is 8.55. The fourth-order valence-corrected chi connectivity index (χ4v) is 3.68. The van der Waals surface area contributed by atoms with Crippen molar-refractivity contribution >= 4 is 5.78 Å². The van der Waals surface area contributed by atoms with Gasteiger partial charge in [0.25, 0.3) is 0 Å². The Morgan fingerprint density at radius 1 is 1.00 bits per heavy atom. The van der Waals surface area contributed by atoms with Crippen LogP contribution >= 0.6 is 0 Å². The Balaban J connectivity index is 2.64. The van der Waals surface area contributed by atoms with E-state index >= 15 is 0 Å². The summed E-state index contributed by atoms with van der Waals surface area (Å²) in [5.41, 5.74) is 3.28. The molecule has 1 spiro atoms. The molecule has 0 N–H and O–H groups in total. The zero-order valence-corrected chi connectivity index (χ0v) is 15.6. The number of carbonyl (C=O) groups excluding carboxylic acids is 1. The lowest BCUT2D eigenvalue weighted by molar-refractivity contribution is -0.114. The van der Waals surface area contributed by atoms with Crippen molar-refractivity contribution in [2.45, 2.75) is 68.2 Å². The Kier molecular flexibility index (Phi) is 4.09. The van der Waals surface area contributed by atoms with Crippen LogP contribution in [0, 0.1) is 22.2 Å². The van der Waals surface area contributed by atoms with E-state index in [0.29, 0.717) is 5.92 Å². The van der Waals surface area contributed by atoms with Crippen LogP contribution in [0.1, 0.15) is 68.2 Å². The normalized spacial score (nSPS) is 25.7. The average molecular weight is 300 g/mol. The molecular formula is C21H32O. The summed E-state index contributed by atoms with van der Waals surface area (Å²) in [5, 5.41) is 0. The van der Waals surface area contributed by atoms with E-state index < -0.39 is 0 Å². The minimum atomic E-state index is -0.106. The van der Waals surface area contributed by atoms with Crippen molar-refractivity contribution in [1.82, 2.24) is 0 Å². The number of hydrogen-bond donors (Lipinski definition) is 0. The quantitative estimate of drug-likeness (QED) is 0.511. The number of rotatable bonds is 0. The van der Waals surface area contributed by atoms with Crippen molar-refractivity contribution in [2.24, 2.45) is 22.2 Å². The van der Waals surface area contributed by atoms with Gasteiger partial charge >= 0.3 is 0 Å². The van der Waals surface area contributed by atoms with Crippen molar-refractivity contribution in [1.29, 1.82) is 0 Å². The van der Waals surface area contributed by atoms with Gasteiger partial charge in [-0.2, -0.15) is 0 Å². The molecule has 122 valence electrons. The molecule has 0 bridgehead atoms. The lowest BCUT2D eigenvalue weighted by Gasteiger charge is -2.44. The standard InChI is InChI=1S/C21H32O/c1-14-9-10-21(15(2)11-14)12-16(19(3,4)5)18(22)17(13-21)20(6,7)8/h11-13,15H,9-10H2,1-8H3. The molecule has 22 heavy (non-hydrogen) atoms. The molecule has 0 aromatic carbocycles. The molecule has 1 nitrogen and oxygen atoms in total. The largest absolute Gasteiger partial charge is 0.289 e. The zero-order valence-electron chi connectivity index (χ0n) is 15.6.